The van der Waals surface area contributed by atoms with E-state index in [1.165, 1.54) is 38.6 Å². The Morgan fingerprint density at radius 3 is 2.64 bits per heavy atom. The summed E-state index contributed by atoms with van der Waals surface area (Å²) >= 11 is 0. The van der Waals surface area contributed by atoms with Gasteiger partial charge >= 0.3 is 0 Å². The van der Waals surface area contributed by atoms with E-state index in [1.807, 2.05) is 7.05 Å². The number of halogens is 1. The summed E-state index contributed by atoms with van der Waals surface area (Å²) in [5.74, 6) is 1.85. The van der Waals surface area contributed by atoms with Gasteiger partial charge in [0, 0.05) is 46.4 Å². The van der Waals surface area contributed by atoms with Gasteiger partial charge in [-0.1, -0.05) is 0 Å². The van der Waals surface area contributed by atoms with Crippen LogP contribution >= 0.6 is 24.0 Å². The van der Waals surface area contributed by atoms with Crippen LogP contribution < -0.4 is 5.32 Å². The van der Waals surface area contributed by atoms with Crippen molar-refractivity contribution in [3.8, 4) is 0 Å². The fourth-order valence-corrected chi connectivity index (χ4v) is 3.35. The summed E-state index contributed by atoms with van der Waals surface area (Å²) in [6.45, 7) is 5.19. The van der Waals surface area contributed by atoms with Crippen molar-refractivity contribution < 1.29 is 4.74 Å². The Bertz CT molecular complexity index is 334. The van der Waals surface area contributed by atoms with Crippen molar-refractivity contribution in [2.24, 2.45) is 10.9 Å². The molecule has 2 fully saturated rings. The van der Waals surface area contributed by atoms with Gasteiger partial charge in [0.1, 0.15) is 0 Å². The van der Waals surface area contributed by atoms with E-state index < -0.39 is 0 Å². The molecule has 6 heteroatoms. The lowest BCUT2D eigenvalue weighted by atomic mass is 9.96. The average molecular weight is 424 g/mol. The monoisotopic (exact) mass is 424 g/mol. The van der Waals surface area contributed by atoms with Crippen molar-refractivity contribution in [2.45, 2.75) is 38.1 Å². The highest BCUT2D eigenvalue weighted by Crippen LogP contribution is 2.18. The van der Waals surface area contributed by atoms with E-state index >= 15 is 0 Å². The molecule has 2 aliphatic heterocycles. The third-order valence-corrected chi connectivity index (χ3v) is 4.95. The molecule has 1 unspecified atom stereocenters. The number of guanidine groups is 1. The van der Waals surface area contributed by atoms with E-state index in [9.17, 15) is 0 Å². The van der Waals surface area contributed by atoms with Crippen molar-refractivity contribution >= 4 is 29.9 Å². The number of hydrogen-bond acceptors (Lipinski definition) is 3. The molecule has 22 heavy (non-hydrogen) atoms. The highest BCUT2D eigenvalue weighted by Gasteiger charge is 2.21. The molecule has 0 radical (unpaired) electrons. The molecule has 0 aromatic heterocycles. The molecule has 2 saturated heterocycles. The third kappa shape index (κ3) is 6.20. The van der Waals surface area contributed by atoms with E-state index in [0.717, 1.165) is 38.2 Å². The molecule has 2 rings (SSSR count). The SMILES string of the molecule is CN=C(NCC1CCCN1C)N(C)CCC1CCOCC1.I. The summed E-state index contributed by atoms with van der Waals surface area (Å²) in [5.41, 5.74) is 0. The topological polar surface area (TPSA) is 40.1 Å². The van der Waals surface area contributed by atoms with Crippen molar-refractivity contribution in [2.75, 3.05) is 54.0 Å². The van der Waals surface area contributed by atoms with Gasteiger partial charge in [-0.2, -0.15) is 0 Å². The highest BCUT2D eigenvalue weighted by atomic mass is 127. The molecule has 0 aromatic carbocycles. The van der Waals surface area contributed by atoms with Crippen LogP contribution in [0.5, 0.6) is 0 Å². The Kier molecular flexibility index (Phi) is 9.66. The lowest BCUT2D eigenvalue weighted by molar-refractivity contribution is 0.0625. The largest absolute Gasteiger partial charge is 0.381 e. The van der Waals surface area contributed by atoms with Gasteiger partial charge in [0.2, 0.25) is 0 Å². The molecule has 0 amide bonds. The zero-order valence-electron chi connectivity index (χ0n) is 14.4. The van der Waals surface area contributed by atoms with E-state index in [-0.39, 0.29) is 24.0 Å². The number of hydrogen-bond donors (Lipinski definition) is 1. The highest BCUT2D eigenvalue weighted by molar-refractivity contribution is 14.0. The number of nitrogens with zero attached hydrogens (tertiary/aromatic N) is 3. The van der Waals surface area contributed by atoms with Crippen LogP contribution in [-0.4, -0.2) is 75.8 Å². The minimum Gasteiger partial charge on any atom is -0.381 e. The molecule has 1 N–H and O–H groups in total. The van der Waals surface area contributed by atoms with E-state index in [1.54, 1.807) is 0 Å². The van der Waals surface area contributed by atoms with Crippen molar-refractivity contribution in [3.63, 3.8) is 0 Å². The predicted molar refractivity (Wildman–Crippen MR) is 103 cm³/mol. The van der Waals surface area contributed by atoms with E-state index in [4.69, 9.17) is 4.74 Å². The summed E-state index contributed by atoms with van der Waals surface area (Å²) in [6, 6.07) is 0.658. The maximum Gasteiger partial charge on any atom is 0.193 e. The minimum atomic E-state index is 0. The van der Waals surface area contributed by atoms with Crippen LogP contribution in [-0.2, 0) is 4.74 Å². The number of aliphatic imine (C=N–C) groups is 1. The van der Waals surface area contributed by atoms with Crippen LogP contribution in [0.4, 0.5) is 0 Å². The third-order valence-electron chi connectivity index (χ3n) is 4.95. The predicted octanol–water partition coefficient (Wildman–Crippen LogP) is 2.02. The number of nitrogens with one attached hydrogen (secondary N) is 1. The molecule has 1 atom stereocenters. The summed E-state index contributed by atoms with van der Waals surface area (Å²) in [7, 11) is 6.25. The summed E-state index contributed by atoms with van der Waals surface area (Å²) in [4.78, 5) is 9.14. The fraction of sp³-hybridized carbons (Fsp3) is 0.938. The molecule has 5 nitrogen and oxygen atoms in total. The normalized spacial score (nSPS) is 24.1. The zero-order valence-corrected chi connectivity index (χ0v) is 16.7. The molecule has 0 saturated carbocycles. The van der Waals surface area contributed by atoms with Crippen LogP contribution in [0.2, 0.25) is 0 Å². The van der Waals surface area contributed by atoms with E-state index in [0.29, 0.717) is 6.04 Å². The molecule has 0 aromatic rings. The quantitative estimate of drug-likeness (QED) is 0.417. The van der Waals surface area contributed by atoms with Crippen molar-refractivity contribution in [1.82, 2.24) is 15.1 Å². The summed E-state index contributed by atoms with van der Waals surface area (Å²) < 4.78 is 5.43. The van der Waals surface area contributed by atoms with Gasteiger partial charge in [0.15, 0.2) is 5.96 Å². The molecule has 2 aliphatic rings. The molecule has 0 spiro atoms. The van der Waals surface area contributed by atoms with E-state index in [2.05, 4.69) is 34.2 Å². The Morgan fingerprint density at radius 1 is 1.32 bits per heavy atom. The van der Waals surface area contributed by atoms with Crippen LogP contribution in [0.15, 0.2) is 4.99 Å². The first-order valence-electron chi connectivity index (χ1n) is 8.40. The zero-order chi connectivity index (χ0) is 15.1. The van der Waals surface area contributed by atoms with Gasteiger partial charge in [0.25, 0.3) is 0 Å². The molecule has 0 aliphatic carbocycles. The van der Waals surface area contributed by atoms with Crippen molar-refractivity contribution in [1.29, 1.82) is 0 Å². The first-order chi connectivity index (χ1) is 10.2. The first kappa shape index (κ1) is 20.0. The van der Waals surface area contributed by atoms with Crippen LogP contribution in [0.3, 0.4) is 0 Å². The Labute approximate surface area is 152 Å². The molecule has 130 valence electrons. The van der Waals surface area contributed by atoms with Gasteiger partial charge in [-0.15, -0.1) is 24.0 Å². The lowest BCUT2D eigenvalue weighted by Gasteiger charge is -2.28. The second-order valence-electron chi connectivity index (χ2n) is 6.47. The number of likely N-dealkylation sites (N-methyl/N-ethyl adjacent to an activating group) is 1. The Hall–Kier alpha value is -0.0800. The molecular formula is C16H33IN4O. The van der Waals surface area contributed by atoms with Gasteiger partial charge in [-0.05, 0) is 51.6 Å². The fourth-order valence-electron chi connectivity index (χ4n) is 3.35. The van der Waals surface area contributed by atoms with Gasteiger partial charge in [0.05, 0.1) is 0 Å². The maximum absolute atomic E-state index is 5.43. The average Bonchev–Trinajstić information content (AvgIpc) is 2.92. The molecular weight excluding hydrogens is 391 g/mol. The standard InChI is InChI=1S/C16H32N4O.HI/c1-17-16(18-13-15-5-4-9-19(15)2)20(3)10-6-14-7-11-21-12-8-14;/h14-15H,4-13H2,1-3H3,(H,17,18);1H. The Morgan fingerprint density at radius 2 is 2.05 bits per heavy atom. The number of rotatable bonds is 5. The van der Waals surface area contributed by atoms with Crippen LogP contribution in [0.1, 0.15) is 32.1 Å². The molecule has 0 bridgehead atoms. The lowest BCUT2D eigenvalue weighted by Crippen LogP contribution is -2.45. The second kappa shape index (κ2) is 10.6. The Balaban J connectivity index is 0.00000242. The number of likely N-dealkylation sites (tertiary alicyclic amines) is 1. The van der Waals surface area contributed by atoms with Gasteiger partial charge in [-0.3, -0.25) is 4.99 Å². The van der Waals surface area contributed by atoms with Crippen LogP contribution in [0.25, 0.3) is 0 Å². The summed E-state index contributed by atoms with van der Waals surface area (Å²) in [6.07, 6.45) is 6.29. The first-order valence-corrected chi connectivity index (χ1v) is 8.40. The van der Waals surface area contributed by atoms with Crippen molar-refractivity contribution in [3.05, 3.63) is 0 Å². The molecule has 2 heterocycles. The van der Waals surface area contributed by atoms with Gasteiger partial charge in [-0.25, -0.2) is 0 Å². The summed E-state index contributed by atoms with van der Waals surface area (Å²) in [5, 5.41) is 3.54. The maximum atomic E-state index is 5.43. The smallest absolute Gasteiger partial charge is 0.193 e. The number of ether oxygens (including phenoxy) is 1. The van der Waals surface area contributed by atoms with Crippen LogP contribution in [0, 0.1) is 5.92 Å². The minimum absolute atomic E-state index is 0. The second-order valence-corrected chi connectivity index (χ2v) is 6.47. The van der Waals surface area contributed by atoms with Gasteiger partial charge < -0.3 is 19.9 Å².